The first-order valence-corrected chi connectivity index (χ1v) is 5.16. The van der Waals surface area contributed by atoms with Crippen LogP contribution in [-0.4, -0.2) is 18.7 Å². The van der Waals surface area contributed by atoms with Crippen molar-refractivity contribution in [3.63, 3.8) is 0 Å². The maximum absolute atomic E-state index is 12.0. The van der Waals surface area contributed by atoms with E-state index in [1.54, 1.807) is 13.8 Å². The molecule has 0 atom stereocenters. The fraction of sp³-hybridized carbons (Fsp3) is 0.250. The molecule has 2 aromatic heterocycles. The SMILES string of the molecule is CC#Cn1cnc2c1c(=O)n(C)c(=O)n2C#CC. The molecule has 0 aliphatic carbocycles. The average Bonchev–Trinajstić information content (AvgIpc) is 2.76. The van der Waals surface area contributed by atoms with Gasteiger partial charge in [0.25, 0.3) is 5.56 Å². The Balaban J connectivity index is 3.11. The predicted octanol–water partition coefficient (Wildman–Crippen LogP) is -0.446. The van der Waals surface area contributed by atoms with Gasteiger partial charge in [0.1, 0.15) is 6.33 Å². The van der Waals surface area contributed by atoms with Gasteiger partial charge in [-0.25, -0.2) is 9.78 Å². The van der Waals surface area contributed by atoms with Gasteiger partial charge in [-0.15, -0.1) is 0 Å². The zero-order valence-corrected chi connectivity index (χ0v) is 10.2. The second kappa shape index (κ2) is 4.27. The first kappa shape index (κ1) is 11.7. The molecule has 6 nitrogen and oxygen atoms in total. The van der Waals surface area contributed by atoms with E-state index in [1.165, 1.54) is 17.9 Å². The summed E-state index contributed by atoms with van der Waals surface area (Å²) in [7, 11) is 1.40. The Morgan fingerprint density at radius 1 is 1.17 bits per heavy atom. The summed E-state index contributed by atoms with van der Waals surface area (Å²) in [5.41, 5.74) is -0.490. The molecule has 0 bridgehead atoms. The summed E-state index contributed by atoms with van der Waals surface area (Å²) in [4.78, 5) is 28.0. The first-order chi connectivity index (χ1) is 8.61. The minimum atomic E-state index is -0.517. The third-order valence-electron chi connectivity index (χ3n) is 2.40. The molecule has 0 aliphatic rings. The number of nitrogens with zero attached hydrogens (tertiary/aromatic N) is 4. The molecule has 6 heteroatoms. The molecule has 0 spiro atoms. The highest BCUT2D eigenvalue weighted by Crippen LogP contribution is 2.03. The summed E-state index contributed by atoms with van der Waals surface area (Å²) < 4.78 is 3.53. The molecule has 18 heavy (non-hydrogen) atoms. The molecular formula is C12H10N4O2. The van der Waals surface area contributed by atoms with Gasteiger partial charge < -0.3 is 0 Å². The number of imidazole rings is 1. The third kappa shape index (κ3) is 1.52. The molecule has 0 saturated heterocycles. The summed E-state index contributed by atoms with van der Waals surface area (Å²) in [6.07, 6.45) is 1.40. The zero-order chi connectivity index (χ0) is 13.3. The molecule has 0 N–H and O–H groups in total. The van der Waals surface area contributed by atoms with Crippen molar-refractivity contribution in [1.82, 2.24) is 18.7 Å². The van der Waals surface area contributed by atoms with Crippen LogP contribution in [0.25, 0.3) is 11.2 Å². The lowest BCUT2D eigenvalue weighted by atomic mass is 10.5. The van der Waals surface area contributed by atoms with Crippen LogP contribution in [0.15, 0.2) is 15.9 Å². The van der Waals surface area contributed by atoms with Crippen LogP contribution in [0.1, 0.15) is 13.8 Å². The van der Waals surface area contributed by atoms with Crippen LogP contribution in [0, 0.1) is 23.9 Å². The highest BCUT2D eigenvalue weighted by atomic mass is 16.2. The van der Waals surface area contributed by atoms with E-state index in [9.17, 15) is 9.59 Å². The van der Waals surface area contributed by atoms with Crippen LogP contribution in [-0.2, 0) is 7.05 Å². The highest BCUT2D eigenvalue weighted by molar-refractivity contribution is 5.72. The summed E-state index contributed by atoms with van der Waals surface area (Å²) in [5.74, 6) is 5.29. The number of hydrogen-bond acceptors (Lipinski definition) is 3. The van der Waals surface area contributed by atoms with E-state index in [2.05, 4.69) is 28.9 Å². The lowest BCUT2D eigenvalue weighted by molar-refractivity contribution is 0.755. The Morgan fingerprint density at radius 3 is 2.44 bits per heavy atom. The quantitative estimate of drug-likeness (QED) is 0.588. The predicted molar refractivity (Wildman–Crippen MR) is 66.9 cm³/mol. The van der Waals surface area contributed by atoms with Gasteiger partial charge >= 0.3 is 5.69 Å². The Hall–Kier alpha value is -2.73. The van der Waals surface area contributed by atoms with Crippen LogP contribution < -0.4 is 11.2 Å². The van der Waals surface area contributed by atoms with Gasteiger partial charge in [-0.1, -0.05) is 11.8 Å². The van der Waals surface area contributed by atoms with Crippen molar-refractivity contribution in [3.8, 4) is 23.9 Å². The second-order valence-electron chi connectivity index (χ2n) is 3.49. The lowest BCUT2D eigenvalue weighted by Gasteiger charge is -2.01. The van der Waals surface area contributed by atoms with Crippen molar-refractivity contribution in [2.45, 2.75) is 13.8 Å². The fourth-order valence-electron chi connectivity index (χ4n) is 1.61. The summed E-state index contributed by atoms with van der Waals surface area (Å²) in [5, 5.41) is 0. The molecule has 2 heterocycles. The normalized spacial score (nSPS) is 9.50. The average molecular weight is 242 g/mol. The first-order valence-electron chi connectivity index (χ1n) is 5.16. The van der Waals surface area contributed by atoms with Gasteiger partial charge in [0, 0.05) is 19.1 Å². The monoisotopic (exact) mass is 242 g/mol. The minimum absolute atomic E-state index is 0.222. The van der Waals surface area contributed by atoms with Gasteiger partial charge in [-0.3, -0.25) is 13.9 Å². The van der Waals surface area contributed by atoms with E-state index >= 15 is 0 Å². The number of fused-ring (bicyclic) bond motifs is 1. The fourth-order valence-corrected chi connectivity index (χ4v) is 1.61. The molecule has 0 radical (unpaired) electrons. The van der Waals surface area contributed by atoms with E-state index < -0.39 is 11.2 Å². The Kier molecular flexibility index (Phi) is 2.78. The maximum Gasteiger partial charge on any atom is 0.344 e. The molecule has 0 aromatic carbocycles. The van der Waals surface area contributed by atoms with Crippen LogP contribution >= 0.6 is 0 Å². The Bertz CT molecular complexity index is 859. The van der Waals surface area contributed by atoms with Crippen molar-refractivity contribution in [3.05, 3.63) is 27.2 Å². The topological polar surface area (TPSA) is 61.8 Å². The van der Waals surface area contributed by atoms with Crippen molar-refractivity contribution >= 4 is 11.2 Å². The molecule has 0 unspecified atom stereocenters. The highest BCUT2D eigenvalue weighted by Gasteiger charge is 2.14. The van der Waals surface area contributed by atoms with E-state index in [0.717, 1.165) is 9.13 Å². The molecule has 90 valence electrons. The number of hydrogen-bond donors (Lipinski definition) is 0. The molecule has 0 amide bonds. The van der Waals surface area contributed by atoms with Gasteiger partial charge in [0.15, 0.2) is 11.2 Å². The molecular weight excluding hydrogens is 232 g/mol. The molecule has 2 aromatic rings. The lowest BCUT2D eigenvalue weighted by Crippen LogP contribution is -2.37. The van der Waals surface area contributed by atoms with Crippen molar-refractivity contribution < 1.29 is 0 Å². The van der Waals surface area contributed by atoms with Crippen molar-refractivity contribution in [2.75, 3.05) is 0 Å². The number of aromatic nitrogens is 4. The minimum Gasteiger partial charge on any atom is -0.267 e. The van der Waals surface area contributed by atoms with Gasteiger partial charge in [-0.05, 0) is 13.8 Å². The Morgan fingerprint density at radius 2 is 1.83 bits per heavy atom. The summed E-state index contributed by atoms with van der Waals surface area (Å²) in [6, 6.07) is 5.33. The van der Waals surface area contributed by atoms with Crippen LogP contribution in [0.3, 0.4) is 0 Å². The smallest absolute Gasteiger partial charge is 0.267 e. The van der Waals surface area contributed by atoms with Crippen LogP contribution in [0.5, 0.6) is 0 Å². The molecule has 0 fully saturated rings. The largest absolute Gasteiger partial charge is 0.344 e. The van der Waals surface area contributed by atoms with Crippen LogP contribution in [0.2, 0.25) is 0 Å². The van der Waals surface area contributed by atoms with Gasteiger partial charge in [0.2, 0.25) is 0 Å². The summed E-state index contributed by atoms with van der Waals surface area (Å²) >= 11 is 0. The van der Waals surface area contributed by atoms with E-state index in [1.807, 2.05) is 0 Å². The van der Waals surface area contributed by atoms with E-state index in [-0.39, 0.29) is 11.2 Å². The van der Waals surface area contributed by atoms with Gasteiger partial charge in [0.05, 0.1) is 0 Å². The summed E-state index contributed by atoms with van der Waals surface area (Å²) in [6.45, 7) is 3.25. The van der Waals surface area contributed by atoms with Crippen LogP contribution in [0.4, 0.5) is 0 Å². The third-order valence-corrected chi connectivity index (χ3v) is 2.40. The molecule has 0 saturated carbocycles. The van der Waals surface area contributed by atoms with E-state index in [4.69, 9.17) is 0 Å². The maximum atomic E-state index is 12.0. The van der Waals surface area contributed by atoms with E-state index in [0.29, 0.717) is 0 Å². The van der Waals surface area contributed by atoms with Crippen molar-refractivity contribution in [2.24, 2.45) is 7.05 Å². The van der Waals surface area contributed by atoms with Gasteiger partial charge in [-0.2, -0.15) is 4.57 Å². The molecule has 0 aliphatic heterocycles. The Labute approximate surface area is 102 Å². The molecule has 2 rings (SSSR count). The standard InChI is InChI=1S/C12H10N4O2/c1-4-6-15-8-13-10-9(15)11(17)14(3)12(18)16(10)7-5-2/h8H,1-3H3. The van der Waals surface area contributed by atoms with Crippen molar-refractivity contribution in [1.29, 1.82) is 0 Å². The number of rotatable bonds is 0. The second-order valence-corrected chi connectivity index (χ2v) is 3.49. The zero-order valence-electron chi connectivity index (χ0n) is 10.2.